The molecule has 3 aromatic rings. The van der Waals surface area contributed by atoms with Crippen molar-refractivity contribution < 1.29 is 38.5 Å². The summed E-state index contributed by atoms with van der Waals surface area (Å²) in [4.78, 5) is 49.9. The predicted molar refractivity (Wildman–Crippen MR) is 164 cm³/mol. The minimum Gasteiger partial charge on any atom is -0.465 e. The SMILES string of the molecule is CCOC(=O)C(C)(C)c1ccc2c(c1)c(C(C)CNC(=O)COC(=O)O)c(-c1cc(C)cc(C)c1)n2C(=O)OC(C)(C)C. The summed E-state index contributed by atoms with van der Waals surface area (Å²) in [5.74, 6) is -1.34. The normalized spacial score (nSPS) is 12.5. The molecule has 2 aromatic carbocycles. The van der Waals surface area contributed by atoms with Gasteiger partial charge in [0.2, 0.25) is 0 Å². The van der Waals surface area contributed by atoms with E-state index in [1.54, 1.807) is 52.2 Å². The lowest BCUT2D eigenvalue weighted by molar-refractivity contribution is -0.148. The number of carboxylic acid groups (broad SMARTS) is 1. The summed E-state index contributed by atoms with van der Waals surface area (Å²) >= 11 is 0. The number of aryl methyl sites for hydroxylation is 2. The number of carbonyl (C=O) groups excluding carboxylic acids is 3. The number of nitrogens with one attached hydrogen (secondary N) is 1. The van der Waals surface area contributed by atoms with Crippen molar-refractivity contribution >= 4 is 35.0 Å². The Hall–Kier alpha value is -4.34. The molecule has 0 saturated heterocycles. The highest BCUT2D eigenvalue weighted by atomic mass is 16.7. The van der Waals surface area contributed by atoms with E-state index in [-0.39, 0.29) is 25.0 Å². The van der Waals surface area contributed by atoms with Gasteiger partial charge in [0.1, 0.15) is 5.60 Å². The van der Waals surface area contributed by atoms with Gasteiger partial charge in [0.25, 0.3) is 5.91 Å². The zero-order chi connectivity index (χ0) is 32.3. The number of hydrogen-bond donors (Lipinski definition) is 2. The van der Waals surface area contributed by atoms with Gasteiger partial charge in [-0.3, -0.25) is 9.59 Å². The zero-order valence-electron chi connectivity index (χ0n) is 26.4. The van der Waals surface area contributed by atoms with Crippen molar-refractivity contribution in [3.63, 3.8) is 0 Å². The van der Waals surface area contributed by atoms with Gasteiger partial charge >= 0.3 is 18.2 Å². The lowest BCUT2D eigenvalue weighted by Gasteiger charge is -2.23. The lowest BCUT2D eigenvalue weighted by atomic mass is 9.83. The van der Waals surface area contributed by atoms with Gasteiger partial charge in [0, 0.05) is 17.8 Å². The molecule has 0 fully saturated rings. The van der Waals surface area contributed by atoms with Crippen LogP contribution in [0, 0.1) is 13.8 Å². The maximum Gasteiger partial charge on any atom is 0.506 e. The molecule has 0 aliphatic heterocycles. The minimum atomic E-state index is -1.54. The molecule has 3 rings (SSSR count). The van der Waals surface area contributed by atoms with Crippen LogP contribution in [0.5, 0.6) is 0 Å². The van der Waals surface area contributed by atoms with Crippen LogP contribution in [0.25, 0.3) is 22.2 Å². The van der Waals surface area contributed by atoms with E-state index >= 15 is 0 Å². The van der Waals surface area contributed by atoms with E-state index in [0.717, 1.165) is 22.3 Å². The fourth-order valence-electron chi connectivity index (χ4n) is 5.07. The van der Waals surface area contributed by atoms with Crippen LogP contribution in [-0.4, -0.2) is 59.2 Å². The monoisotopic (exact) mass is 594 g/mol. The van der Waals surface area contributed by atoms with Gasteiger partial charge in [0.05, 0.1) is 23.2 Å². The van der Waals surface area contributed by atoms with E-state index in [1.165, 1.54) is 0 Å². The second-order valence-electron chi connectivity index (χ2n) is 12.3. The molecule has 0 saturated carbocycles. The van der Waals surface area contributed by atoms with Gasteiger partial charge in [-0.1, -0.05) is 30.2 Å². The average Bonchev–Trinajstić information content (AvgIpc) is 3.24. The third-order valence-electron chi connectivity index (χ3n) is 7.01. The number of rotatable bonds is 9. The van der Waals surface area contributed by atoms with Gasteiger partial charge < -0.3 is 24.6 Å². The molecule has 1 atom stereocenters. The number of fused-ring (bicyclic) bond motifs is 1. The van der Waals surface area contributed by atoms with Crippen molar-refractivity contribution in [2.75, 3.05) is 19.8 Å². The Balaban J connectivity index is 2.35. The molecule has 10 nitrogen and oxygen atoms in total. The molecule has 232 valence electrons. The quantitative estimate of drug-likeness (QED) is 0.213. The smallest absolute Gasteiger partial charge is 0.465 e. The highest BCUT2D eigenvalue weighted by Gasteiger charge is 2.34. The Kier molecular flexibility index (Phi) is 9.94. The van der Waals surface area contributed by atoms with E-state index < -0.39 is 35.8 Å². The predicted octanol–water partition coefficient (Wildman–Crippen LogP) is 6.46. The molecule has 2 N–H and O–H groups in total. The first-order valence-electron chi connectivity index (χ1n) is 14.3. The fourth-order valence-corrected chi connectivity index (χ4v) is 5.07. The molecule has 0 bridgehead atoms. The van der Waals surface area contributed by atoms with Crippen molar-refractivity contribution in [1.82, 2.24) is 9.88 Å². The highest BCUT2D eigenvalue weighted by molar-refractivity contribution is 6.01. The molecule has 1 unspecified atom stereocenters. The fraction of sp³-hybridized carbons (Fsp3) is 0.455. The summed E-state index contributed by atoms with van der Waals surface area (Å²) < 4.78 is 17.2. The maximum atomic E-state index is 13.9. The molecule has 1 aromatic heterocycles. The first-order valence-corrected chi connectivity index (χ1v) is 14.3. The molecular formula is C33H42N2O8. The number of benzene rings is 2. The van der Waals surface area contributed by atoms with Gasteiger partial charge in [0.15, 0.2) is 6.61 Å². The van der Waals surface area contributed by atoms with Crippen molar-refractivity contribution in [1.29, 1.82) is 0 Å². The number of amides is 1. The average molecular weight is 595 g/mol. The maximum absolute atomic E-state index is 13.9. The van der Waals surface area contributed by atoms with Gasteiger partial charge in [-0.15, -0.1) is 0 Å². The number of carbonyl (C=O) groups is 4. The Labute approximate surface area is 252 Å². The van der Waals surface area contributed by atoms with Crippen LogP contribution in [0.2, 0.25) is 0 Å². The van der Waals surface area contributed by atoms with Crippen LogP contribution >= 0.6 is 0 Å². The van der Waals surface area contributed by atoms with Gasteiger partial charge in [-0.2, -0.15) is 0 Å². The third kappa shape index (κ3) is 7.74. The van der Waals surface area contributed by atoms with Crippen LogP contribution in [-0.2, 0) is 29.2 Å². The number of hydrogen-bond acceptors (Lipinski definition) is 7. The Morgan fingerprint density at radius 3 is 2.14 bits per heavy atom. The topological polar surface area (TPSA) is 133 Å². The summed E-state index contributed by atoms with van der Waals surface area (Å²) in [6.45, 7) is 16.3. The Morgan fingerprint density at radius 2 is 1.58 bits per heavy atom. The molecule has 0 aliphatic rings. The molecule has 0 radical (unpaired) electrons. The van der Waals surface area contributed by atoms with E-state index in [9.17, 15) is 19.2 Å². The van der Waals surface area contributed by atoms with Gasteiger partial charge in [-0.25, -0.2) is 14.2 Å². The van der Waals surface area contributed by atoms with Crippen LogP contribution in [0.3, 0.4) is 0 Å². The molecule has 0 spiro atoms. The second kappa shape index (κ2) is 12.9. The van der Waals surface area contributed by atoms with E-state index in [2.05, 4.69) is 10.1 Å². The first kappa shape index (κ1) is 33.2. The Bertz CT molecular complexity index is 1520. The molecule has 1 heterocycles. The second-order valence-corrected chi connectivity index (χ2v) is 12.3. The van der Waals surface area contributed by atoms with Crippen LogP contribution in [0.4, 0.5) is 9.59 Å². The molecule has 0 aliphatic carbocycles. The largest absolute Gasteiger partial charge is 0.506 e. The first-order chi connectivity index (χ1) is 20.0. The van der Waals surface area contributed by atoms with Crippen molar-refractivity contribution in [3.05, 3.63) is 58.7 Å². The van der Waals surface area contributed by atoms with Crippen LogP contribution in [0.15, 0.2) is 36.4 Å². The van der Waals surface area contributed by atoms with E-state index in [4.69, 9.17) is 14.6 Å². The molecule has 10 heteroatoms. The molecule has 1 amide bonds. The third-order valence-corrected chi connectivity index (χ3v) is 7.01. The Morgan fingerprint density at radius 1 is 0.953 bits per heavy atom. The van der Waals surface area contributed by atoms with Crippen molar-refractivity contribution in [2.24, 2.45) is 0 Å². The number of esters is 1. The van der Waals surface area contributed by atoms with Gasteiger partial charge in [-0.05, 0) is 96.3 Å². The summed E-state index contributed by atoms with van der Waals surface area (Å²) in [5.41, 5.74) is 3.65. The highest BCUT2D eigenvalue weighted by Crippen LogP contribution is 2.41. The standard InChI is InChI=1S/C33H42N2O8/c1-10-41-29(37)33(8,9)23-11-12-25-24(16-23)27(21(4)17-34-26(36)18-42-31(39)40)28(22-14-19(2)13-20(3)15-22)35(25)30(38)43-32(5,6)7/h11-16,21H,10,17-18H2,1-9H3,(H,34,36)(H,39,40). The summed E-state index contributed by atoms with van der Waals surface area (Å²) in [6, 6.07) is 11.5. The number of ether oxygens (including phenoxy) is 3. The summed E-state index contributed by atoms with van der Waals surface area (Å²) in [7, 11) is 0. The molecule has 43 heavy (non-hydrogen) atoms. The van der Waals surface area contributed by atoms with Crippen LogP contribution in [0.1, 0.15) is 76.6 Å². The van der Waals surface area contributed by atoms with E-state index in [1.807, 2.05) is 51.1 Å². The zero-order valence-corrected chi connectivity index (χ0v) is 26.4. The van der Waals surface area contributed by atoms with Crippen LogP contribution < -0.4 is 5.32 Å². The molecular weight excluding hydrogens is 552 g/mol. The van der Waals surface area contributed by atoms with E-state index in [0.29, 0.717) is 22.2 Å². The lowest BCUT2D eigenvalue weighted by Crippen LogP contribution is -2.32. The summed E-state index contributed by atoms with van der Waals surface area (Å²) in [6.07, 6.45) is -2.11. The number of nitrogens with zero attached hydrogens (tertiary/aromatic N) is 1. The summed E-state index contributed by atoms with van der Waals surface area (Å²) in [5, 5.41) is 12.2. The van der Waals surface area contributed by atoms with Crippen molar-refractivity contribution in [2.45, 2.75) is 79.2 Å². The minimum absolute atomic E-state index is 0.124. The number of aromatic nitrogens is 1. The van der Waals surface area contributed by atoms with Crippen molar-refractivity contribution in [3.8, 4) is 11.3 Å².